The fourth-order valence-electron chi connectivity index (χ4n) is 1.57. The lowest BCUT2D eigenvalue weighted by atomic mass is 10.3. The van der Waals surface area contributed by atoms with Crippen molar-refractivity contribution in [2.45, 2.75) is 20.0 Å². The Bertz CT molecular complexity index is 327. The summed E-state index contributed by atoms with van der Waals surface area (Å²) in [5.41, 5.74) is 2.40. The lowest BCUT2D eigenvalue weighted by Crippen LogP contribution is -2.36. The molecule has 0 saturated heterocycles. The van der Waals surface area contributed by atoms with Crippen molar-refractivity contribution in [2.75, 3.05) is 7.05 Å². The summed E-state index contributed by atoms with van der Waals surface area (Å²) >= 11 is 0. The second-order valence-electron chi connectivity index (χ2n) is 3.30. The standard InChI is InChI=1S/C9H12N2O/c1-7-3-4-8-5-10(2)9(12)6-11(7)8/h3-4H,5-6H2,1-2H3. The number of carbonyl (C=O) groups excluding carboxylic acids is 1. The van der Waals surface area contributed by atoms with E-state index in [9.17, 15) is 4.79 Å². The first-order valence-corrected chi connectivity index (χ1v) is 4.07. The number of hydrogen-bond donors (Lipinski definition) is 0. The van der Waals surface area contributed by atoms with Gasteiger partial charge in [0.05, 0.1) is 6.54 Å². The first-order valence-electron chi connectivity index (χ1n) is 4.07. The molecule has 1 aromatic rings. The van der Waals surface area contributed by atoms with Crippen LogP contribution in [0.1, 0.15) is 11.4 Å². The van der Waals surface area contributed by atoms with Crippen molar-refractivity contribution in [1.29, 1.82) is 0 Å². The summed E-state index contributed by atoms with van der Waals surface area (Å²) in [5.74, 6) is 0.196. The Labute approximate surface area is 71.6 Å². The molecule has 0 radical (unpaired) electrons. The minimum Gasteiger partial charge on any atom is -0.338 e. The number of carbonyl (C=O) groups is 1. The molecule has 0 fully saturated rings. The zero-order valence-electron chi connectivity index (χ0n) is 7.37. The molecule has 3 nitrogen and oxygen atoms in total. The minimum atomic E-state index is 0.196. The molecule has 0 N–H and O–H groups in total. The molecule has 1 aromatic heterocycles. The molecular formula is C9H12N2O. The molecule has 0 aromatic carbocycles. The Hall–Kier alpha value is -1.25. The summed E-state index contributed by atoms with van der Waals surface area (Å²) in [4.78, 5) is 13.1. The van der Waals surface area contributed by atoms with E-state index in [1.54, 1.807) is 4.90 Å². The van der Waals surface area contributed by atoms with Crippen LogP contribution in [0, 0.1) is 6.92 Å². The van der Waals surface area contributed by atoms with Crippen molar-refractivity contribution < 1.29 is 4.79 Å². The topological polar surface area (TPSA) is 25.2 Å². The van der Waals surface area contributed by atoms with E-state index >= 15 is 0 Å². The third-order valence-corrected chi connectivity index (χ3v) is 2.41. The number of hydrogen-bond acceptors (Lipinski definition) is 1. The SMILES string of the molecule is Cc1ccc2n1CC(=O)N(C)C2. The molecule has 0 unspecified atom stereocenters. The molecule has 64 valence electrons. The smallest absolute Gasteiger partial charge is 0.242 e. The number of aryl methyl sites for hydroxylation is 1. The highest BCUT2D eigenvalue weighted by molar-refractivity contribution is 5.76. The maximum Gasteiger partial charge on any atom is 0.242 e. The molecule has 1 aliphatic rings. The lowest BCUT2D eigenvalue weighted by Gasteiger charge is -2.25. The second kappa shape index (κ2) is 2.37. The fraction of sp³-hybridized carbons (Fsp3) is 0.444. The third-order valence-electron chi connectivity index (χ3n) is 2.41. The van der Waals surface area contributed by atoms with Crippen molar-refractivity contribution in [3.63, 3.8) is 0 Å². The van der Waals surface area contributed by atoms with Gasteiger partial charge in [-0.25, -0.2) is 0 Å². The highest BCUT2D eigenvalue weighted by atomic mass is 16.2. The number of likely N-dealkylation sites (N-methyl/N-ethyl adjacent to an activating group) is 1. The number of aromatic nitrogens is 1. The molecule has 12 heavy (non-hydrogen) atoms. The molecule has 2 rings (SSSR count). The van der Waals surface area contributed by atoms with Gasteiger partial charge in [0.15, 0.2) is 0 Å². The van der Waals surface area contributed by atoms with Crippen LogP contribution >= 0.6 is 0 Å². The lowest BCUT2D eigenvalue weighted by molar-refractivity contribution is -0.132. The summed E-state index contributed by atoms with van der Waals surface area (Å²) in [6, 6.07) is 4.14. The van der Waals surface area contributed by atoms with Crippen molar-refractivity contribution >= 4 is 5.91 Å². The maximum absolute atomic E-state index is 11.3. The normalized spacial score (nSPS) is 16.5. The Morgan fingerprint density at radius 1 is 1.33 bits per heavy atom. The highest BCUT2D eigenvalue weighted by Gasteiger charge is 2.19. The van der Waals surface area contributed by atoms with Gasteiger partial charge >= 0.3 is 0 Å². The molecule has 0 bridgehead atoms. The van der Waals surface area contributed by atoms with E-state index in [4.69, 9.17) is 0 Å². The number of amides is 1. The zero-order chi connectivity index (χ0) is 8.72. The largest absolute Gasteiger partial charge is 0.338 e. The molecule has 2 heterocycles. The average Bonchev–Trinajstić information content (AvgIpc) is 2.35. The summed E-state index contributed by atoms with van der Waals surface area (Å²) in [5, 5.41) is 0. The number of rotatable bonds is 0. The summed E-state index contributed by atoms with van der Waals surface area (Å²) in [6.07, 6.45) is 0. The predicted octanol–water partition coefficient (Wildman–Crippen LogP) is 0.769. The van der Waals surface area contributed by atoms with Gasteiger partial charge in [0, 0.05) is 18.4 Å². The highest BCUT2D eigenvalue weighted by Crippen LogP contribution is 2.15. The zero-order valence-corrected chi connectivity index (χ0v) is 7.37. The van der Waals surface area contributed by atoms with E-state index in [0.29, 0.717) is 6.54 Å². The molecule has 1 aliphatic heterocycles. The molecule has 3 heteroatoms. The van der Waals surface area contributed by atoms with Crippen LogP contribution in [-0.4, -0.2) is 22.4 Å². The van der Waals surface area contributed by atoms with E-state index in [1.165, 1.54) is 11.4 Å². The van der Waals surface area contributed by atoms with Gasteiger partial charge in [0.25, 0.3) is 0 Å². The molecule has 0 saturated carbocycles. The Morgan fingerprint density at radius 3 is 2.83 bits per heavy atom. The van der Waals surface area contributed by atoms with Gasteiger partial charge in [-0.3, -0.25) is 4.79 Å². The van der Waals surface area contributed by atoms with Gasteiger partial charge < -0.3 is 9.47 Å². The fourth-order valence-corrected chi connectivity index (χ4v) is 1.57. The van der Waals surface area contributed by atoms with Gasteiger partial charge in [-0.05, 0) is 19.1 Å². The van der Waals surface area contributed by atoms with Crippen LogP contribution in [0.4, 0.5) is 0 Å². The van der Waals surface area contributed by atoms with E-state index in [0.717, 1.165) is 6.54 Å². The van der Waals surface area contributed by atoms with Gasteiger partial charge in [-0.15, -0.1) is 0 Å². The van der Waals surface area contributed by atoms with Gasteiger partial charge in [-0.2, -0.15) is 0 Å². The molecule has 1 amide bonds. The first-order chi connectivity index (χ1) is 5.68. The quantitative estimate of drug-likeness (QED) is 0.556. The summed E-state index contributed by atoms with van der Waals surface area (Å²) < 4.78 is 2.07. The van der Waals surface area contributed by atoms with Gasteiger partial charge in [-0.1, -0.05) is 0 Å². The molecule has 0 spiro atoms. The van der Waals surface area contributed by atoms with E-state index in [2.05, 4.69) is 16.7 Å². The van der Waals surface area contributed by atoms with Crippen LogP contribution in [0.2, 0.25) is 0 Å². The van der Waals surface area contributed by atoms with E-state index < -0.39 is 0 Å². The molecule has 0 atom stereocenters. The van der Waals surface area contributed by atoms with Gasteiger partial charge in [0.2, 0.25) is 5.91 Å². The van der Waals surface area contributed by atoms with Crippen LogP contribution in [0.25, 0.3) is 0 Å². The van der Waals surface area contributed by atoms with Crippen LogP contribution in [-0.2, 0) is 17.9 Å². The van der Waals surface area contributed by atoms with Crippen molar-refractivity contribution in [2.24, 2.45) is 0 Å². The van der Waals surface area contributed by atoms with Crippen molar-refractivity contribution in [3.05, 3.63) is 23.5 Å². The predicted molar refractivity (Wildman–Crippen MR) is 45.6 cm³/mol. The monoisotopic (exact) mass is 164 g/mol. The number of fused-ring (bicyclic) bond motifs is 1. The minimum absolute atomic E-state index is 0.196. The maximum atomic E-state index is 11.3. The Balaban J connectivity index is 2.43. The molecular weight excluding hydrogens is 152 g/mol. The summed E-state index contributed by atoms with van der Waals surface area (Å²) in [7, 11) is 1.84. The summed E-state index contributed by atoms with van der Waals surface area (Å²) in [6.45, 7) is 3.28. The number of nitrogens with zero attached hydrogens (tertiary/aromatic N) is 2. The van der Waals surface area contributed by atoms with Crippen LogP contribution in [0.5, 0.6) is 0 Å². The first kappa shape index (κ1) is 7.40. The van der Waals surface area contributed by atoms with Crippen LogP contribution < -0.4 is 0 Å². The van der Waals surface area contributed by atoms with Crippen molar-refractivity contribution in [3.8, 4) is 0 Å². The van der Waals surface area contributed by atoms with E-state index in [-0.39, 0.29) is 5.91 Å². The van der Waals surface area contributed by atoms with Gasteiger partial charge in [0.1, 0.15) is 6.54 Å². The Kier molecular flexibility index (Phi) is 1.46. The van der Waals surface area contributed by atoms with Crippen LogP contribution in [0.15, 0.2) is 12.1 Å². The van der Waals surface area contributed by atoms with Crippen molar-refractivity contribution in [1.82, 2.24) is 9.47 Å². The van der Waals surface area contributed by atoms with E-state index in [1.807, 2.05) is 14.0 Å². The molecule has 0 aliphatic carbocycles. The van der Waals surface area contributed by atoms with Crippen LogP contribution in [0.3, 0.4) is 0 Å². The average molecular weight is 164 g/mol. The second-order valence-corrected chi connectivity index (χ2v) is 3.30. The third kappa shape index (κ3) is 0.932. The Morgan fingerprint density at radius 2 is 2.08 bits per heavy atom.